The Morgan fingerprint density at radius 3 is 2.00 bits per heavy atom. The first-order chi connectivity index (χ1) is 13.5. The molecule has 0 fully saturated rings. The summed E-state index contributed by atoms with van der Waals surface area (Å²) in [4.78, 5) is 12.5. The lowest BCUT2D eigenvalue weighted by Gasteiger charge is -2.11. The van der Waals surface area contributed by atoms with E-state index in [1.54, 1.807) is 42.5 Å². The van der Waals surface area contributed by atoms with Crippen molar-refractivity contribution in [1.29, 1.82) is 0 Å². The number of amides is 1. The van der Waals surface area contributed by atoms with Crippen molar-refractivity contribution in [2.24, 2.45) is 0 Å². The number of anilines is 3. The number of carbonyl (C=O) groups is 1. The third-order valence-corrected chi connectivity index (χ3v) is 3.97. The zero-order chi connectivity index (χ0) is 20.1. The van der Waals surface area contributed by atoms with Gasteiger partial charge < -0.3 is 20.1 Å². The normalized spacial score (nSPS) is 10.3. The number of methoxy groups -OCH3 is 2. The molecule has 7 heteroatoms. The Hall–Kier alpha value is -3.61. The first kappa shape index (κ1) is 19.2. The summed E-state index contributed by atoms with van der Waals surface area (Å²) in [6, 6.07) is 14.8. The topological polar surface area (TPSA) is 59.6 Å². The Morgan fingerprint density at radius 1 is 0.821 bits per heavy atom. The van der Waals surface area contributed by atoms with Gasteiger partial charge in [-0.1, -0.05) is 0 Å². The molecule has 0 atom stereocenters. The SMILES string of the molecule is COc1cc(OC)cc(C(=O)Nc2ccc(Nc3ccc(F)cc3F)cc2)c1. The minimum atomic E-state index is -0.690. The highest BCUT2D eigenvalue weighted by Crippen LogP contribution is 2.25. The minimum Gasteiger partial charge on any atom is -0.497 e. The van der Waals surface area contributed by atoms with Crippen LogP contribution < -0.4 is 20.1 Å². The number of hydrogen-bond donors (Lipinski definition) is 2. The highest BCUT2D eigenvalue weighted by molar-refractivity contribution is 6.04. The number of hydrogen-bond acceptors (Lipinski definition) is 4. The molecule has 0 unspecified atom stereocenters. The summed E-state index contributed by atoms with van der Waals surface area (Å²) in [5.74, 6) is -0.655. The molecule has 3 rings (SSSR count). The summed E-state index contributed by atoms with van der Waals surface area (Å²) in [7, 11) is 3.01. The van der Waals surface area contributed by atoms with Crippen LogP contribution in [0.1, 0.15) is 10.4 Å². The standard InChI is InChI=1S/C21H18F2N2O3/c1-27-17-9-13(10-18(12-17)28-2)21(26)25-16-6-4-15(5-7-16)24-20-8-3-14(22)11-19(20)23/h3-12,24H,1-2H3,(H,25,26). The molecule has 5 nitrogen and oxygen atoms in total. The third kappa shape index (κ3) is 4.56. The van der Waals surface area contributed by atoms with Gasteiger partial charge in [-0.25, -0.2) is 8.78 Å². The van der Waals surface area contributed by atoms with E-state index in [-0.39, 0.29) is 11.6 Å². The van der Waals surface area contributed by atoms with Crippen molar-refractivity contribution >= 4 is 23.0 Å². The average Bonchev–Trinajstić information content (AvgIpc) is 2.71. The number of halogens is 2. The van der Waals surface area contributed by atoms with Crippen LogP contribution in [0.2, 0.25) is 0 Å². The van der Waals surface area contributed by atoms with E-state index in [0.717, 1.165) is 6.07 Å². The number of benzene rings is 3. The highest BCUT2D eigenvalue weighted by Gasteiger charge is 2.11. The maximum absolute atomic E-state index is 13.7. The van der Waals surface area contributed by atoms with Crippen LogP contribution in [0, 0.1) is 11.6 Å². The molecule has 0 aliphatic carbocycles. The molecule has 0 saturated carbocycles. The van der Waals surface area contributed by atoms with Crippen molar-refractivity contribution in [3.63, 3.8) is 0 Å². The number of ether oxygens (including phenoxy) is 2. The van der Waals surface area contributed by atoms with Crippen molar-refractivity contribution in [3.05, 3.63) is 77.9 Å². The van der Waals surface area contributed by atoms with Gasteiger partial charge in [0.2, 0.25) is 0 Å². The molecule has 3 aromatic rings. The molecule has 0 aromatic heterocycles. The van der Waals surface area contributed by atoms with Crippen molar-refractivity contribution in [1.82, 2.24) is 0 Å². The van der Waals surface area contributed by atoms with E-state index in [1.807, 2.05) is 0 Å². The summed E-state index contributed by atoms with van der Waals surface area (Å²) in [5.41, 5.74) is 1.68. The Morgan fingerprint density at radius 2 is 1.43 bits per heavy atom. The first-order valence-electron chi connectivity index (χ1n) is 8.35. The predicted molar refractivity (Wildman–Crippen MR) is 104 cm³/mol. The summed E-state index contributed by atoms with van der Waals surface area (Å²) >= 11 is 0. The number of rotatable bonds is 6. The Kier molecular flexibility index (Phi) is 5.74. The molecule has 0 radical (unpaired) electrons. The van der Waals surface area contributed by atoms with Crippen LogP contribution in [0.3, 0.4) is 0 Å². The number of carbonyl (C=O) groups excluding carboxylic acids is 1. The Bertz CT molecular complexity index is 969. The lowest BCUT2D eigenvalue weighted by Crippen LogP contribution is -2.12. The largest absolute Gasteiger partial charge is 0.497 e. The molecule has 0 bridgehead atoms. The molecule has 144 valence electrons. The van der Waals surface area contributed by atoms with Crippen LogP contribution in [0.25, 0.3) is 0 Å². The maximum Gasteiger partial charge on any atom is 0.255 e. The Balaban J connectivity index is 1.71. The van der Waals surface area contributed by atoms with Gasteiger partial charge in [-0.05, 0) is 48.5 Å². The van der Waals surface area contributed by atoms with Gasteiger partial charge in [0.1, 0.15) is 23.1 Å². The first-order valence-corrected chi connectivity index (χ1v) is 8.35. The molecule has 0 spiro atoms. The summed E-state index contributed by atoms with van der Waals surface area (Å²) < 4.78 is 37.0. The van der Waals surface area contributed by atoms with Crippen LogP contribution in [0.15, 0.2) is 60.7 Å². The molecular weight excluding hydrogens is 366 g/mol. The zero-order valence-electron chi connectivity index (χ0n) is 15.3. The van der Waals surface area contributed by atoms with E-state index >= 15 is 0 Å². The van der Waals surface area contributed by atoms with E-state index in [2.05, 4.69) is 10.6 Å². The molecule has 0 aliphatic heterocycles. The van der Waals surface area contributed by atoms with Gasteiger partial charge in [0.05, 0.1) is 19.9 Å². The minimum absolute atomic E-state index is 0.154. The molecule has 0 aliphatic rings. The second kappa shape index (κ2) is 8.39. The average molecular weight is 384 g/mol. The lowest BCUT2D eigenvalue weighted by atomic mass is 10.1. The van der Waals surface area contributed by atoms with Gasteiger partial charge in [0.25, 0.3) is 5.91 Å². The predicted octanol–water partition coefficient (Wildman–Crippen LogP) is 4.98. The van der Waals surface area contributed by atoms with Crippen LogP contribution in [0.4, 0.5) is 25.8 Å². The second-order valence-electron chi connectivity index (χ2n) is 5.88. The van der Waals surface area contributed by atoms with Crippen LogP contribution in [-0.2, 0) is 0 Å². The van der Waals surface area contributed by atoms with Crippen LogP contribution in [-0.4, -0.2) is 20.1 Å². The van der Waals surface area contributed by atoms with Gasteiger partial charge in [-0.3, -0.25) is 4.79 Å². The monoisotopic (exact) mass is 384 g/mol. The summed E-state index contributed by atoms with van der Waals surface area (Å²) in [6.07, 6.45) is 0. The van der Waals surface area contributed by atoms with E-state index in [0.29, 0.717) is 28.4 Å². The lowest BCUT2D eigenvalue weighted by molar-refractivity contribution is 0.102. The van der Waals surface area contributed by atoms with Crippen molar-refractivity contribution in [3.8, 4) is 11.5 Å². The van der Waals surface area contributed by atoms with Crippen molar-refractivity contribution in [2.75, 3.05) is 24.9 Å². The maximum atomic E-state index is 13.7. The van der Waals surface area contributed by atoms with Gasteiger partial charge in [-0.2, -0.15) is 0 Å². The van der Waals surface area contributed by atoms with Crippen molar-refractivity contribution < 1.29 is 23.0 Å². The third-order valence-electron chi connectivity index (χ3n) is 3.97. The van der Waals surface area contributed by atoms with Crippen LogP contribution in [0.5, 0.6) is 11.5 Å². The van der Waals surface area contributed by atoms with E-state index in [1.165, 1.54) is 26.4 Å². The van der Waals surface area contributed by atoms with Gasteiger partial charge in [-0.15, -0.1) is 0 Å². The molecule has 1 amide bonds. The number of nitrogens with one attached hydrogen (secondary N) is 2. The smallest absolute Gasteiger partial charge is 0.255 e. The molecule has 0 heterocycles. The molecular formula is C21H18F2N2O3. The molecule has 3 aromatic carbocycles. The second-order valence-corrected chi connectivity index (χ2v) is 5.88. The van der Waals surface area contributed by atoms with Gasteiger partial charge >= 0.3 is 0 Å². The van der Waals surface area contributed by atoms with E-state index in [4.69, 9.17) is 9.47 Å². The quantitative estimate of drug-likeness (QED) is 0.629. The fourth-order valence-corrected chi connectivity index (χ4v) is 2.53. The fourth-order valence-electron chi connectivity index (χ4n) is 2.53. The van der Waals surface area contributed by atoms with Gasteiger partial charge in [0, 0.05) is 29.1 Å². The summed E-state index contributed by atoms with van der Waals surface area (Å²) in [5, 5.41) is 5.62. The van der Waals surface area contributed by atoms with E-state index in [9.17, 15) is 13.6 Å². The molecule has 28 heavy (non-hydrogen) atoms. The van der Waals surface area contributed by atoms with Gasteiger partial charge in [0.15, 0.2) is 0 Å². The van der Waals surface area contributed by atoms with Crippen molar-refractivity contribution in [2.45, 2.75) is 0 Å². The summed E-state index contributed by atoms with van der Waals surface area (Å²) in [6.45, 7) is 0. The Labute approximate surface area is 160 Å². The zero-order valence-corrected chi connectivity index (χ0v) is 15.3. The van der Waals surface area contributed by atoms with E-state index < -0.39 is 11.6 Å². The molecule has 0 saturated heterocycles. The highest BCUT2D eigenvalue weighted by atomic mass is 19.1. The van der Waals surface area contributed by atoms with Crippen LogP contribution >= 0.6 is 0 Å². The molecule has 2 N–H and O–H groups in total. The fraction of sp³-hybridized carbons (Fsp3) is 0.0952.